The van der Waals surface area contributed by atoms with Gasteiger partial charge in [-0.05, 0) is 43.2 Å². The highest BCUT2D eigenvalue weighted by Crippen LogP contribution is 2.78. The van der Waals surface area contributed by atoms with Gasteiger partial charge in [-0.25, -0.2) is 9.97 Å². The van der Waals surface area contributed by atoms with Crippen LogP contribution in [-0.2, 0) is 10.2 Å². The fourth-order valence-electron chi connectivity index (χ4n) is 5.78. The molecule has 1 aromatic heterocycles. The zero-order chi connectivity index (χ0) is 22.6. The lowest BCUT2D eigenvalue weighted by Crippen LogP contribution is -2.58. The maximum Gasteiger partial charge on any atom is 0.136 e. The number of morpholine rings is 1. The number of piperazine rings is 1. The molecule has 6 rings (SSSR count). The number of hydrogen-bond donors (Lipinski definition) is 2. The summed E-state index contributed by atoms with van der Waals surface area (Å²) in [6, 6.07) is 11.0. The third kappa shape index (κ3) is 3.38. The van der Waals surface area contributed by atoms with Crippen molar-refractivity contribution in [2.24, 2.45) is 5.41 Å². The van der Waals surface area contributed by atoms with Crippen LogP contribution in [0.25, 0.3) is 0 Å². The summed E-state index contributed by atoms with van der Waals surface area (Å²) in [6.07, 6.45) is 4.59. The van der Waals surface area contributed by atoms with Crippen molar-refractivity contribution in [3.8, 4) is 6.07 Å². The second kappa shape index (κ2) is 7.51. The van der Waals surface area contributed by atoms with Gasteiger partial charge in [0.1, 0.15) is 17.5 Å². The normalized spacial score (nSPS) is 27.5. The van der Waals surface area contributed by atoms with Gasteiger partial charge in [-0.3, -0.25) is 4.90 Å². The summed E-state index contributed by atoms with van der Waals surface area (Å²) < 4.78 is 5.69. The van der Waals surface area contributed by atoms with Crippen molar-refractivity contribution in [1.82, 2.24) is 14.9 Å². The van der Waals surface area contributed by atoms with Crippen molar-refractivity contribution in [2.45, 2.75) is 37.6 Å². The second-order valence-corrected chi connectivity index (χ2v) is 9.91. The first-order chi connectivity index (χ1) is 16.1. The first-order valence-electron chi connectivity index (χ1n) is 11.8. The van der Waals surface area contributed by atoms with Crippen molar-refractivity contribution in [1.29, 1.82) is 10.7 Å². The van der Waals surface area contributed by atoms with E-state index in [4.69, 9.17) is 15.1 Å². The molecular weight excluding hydrogens is 414 g/mol. The van der Waals surface area contributed by atoms with Gasteiger partial charge in [0, 0.05) is 49.7 Å². The monoisotopic (exact) mass is 443 g/mol. The van der Waals surface area contributed by atoms with Crippen LogP contribution in [-0.4, -0.2) is 66.5 Å². The van der Waals surface area contributed by atoms with E-state index in [-0.39, 0.29) is 10.8 Å². The molecule has 0 bridgehead atoms. The Balaban J connectivity index is 1.27. The largest absolute Gasteiger partial charge is 0.378 e. The number of anilines is 3. The Bertz CT molecular complexity index is 1150. The maximum absolute atomic E-state index is 9.94. The number of benzene rings is 1. The van der Waals surface area contributed by atoms with Crippen LogP contribution in [0.15, 0.2) is 24.3 Å². The molecule has 4 fully saturated rings. The molecule has 1 spiro atoms. The second-order valence-electron chi connectivity index (χ2n) is 9.91. The molecule has 2 aliphatic heterocycles. The van der Waals surface area contributed by atoms with Crippen LogP contribution in [0.2, 0.25) is 0 Å². The van der Waals surface area contributed by atoms with Crippen LogP contribution in [0.1, 0.15) is 36.2 Å². The van der Waals surface area contributed by atoms with E-state index in [1.165, 1.54) is 6.21 Å². The zero-order valence-corrected chi connectivity index (χ0v) is 19.0. The maximum atomic E-state index is 9.94. The fourth-order valence-corrected chi connectivity index (χ4v) is 5.78. The minimum absolute atomic E-state index is 0.203. The first kappa shape index (κ1) is 20.6. The van der Waals surface area contributed by atoms with Crippen LogP contribution >= 0.6 is 0 Å². The van der Waals surface area contributed by atoms with Gasteiger partial charge < -0.3 is 20.4 Å². The van der Waals surface area contributed by atoms with Crippen molar-refractivity contribution in [3.05, 3.63) is 41.2 Å². The smallest absolute Gasteiger partial charge is 0.136 e. The minimum Gasteiger partial charge on any atom is -0.378 e. The van der Waals surface area contributed by atoms with E-state index in [1.54, 1.807) is 0 Å². The van der Waals surface area contributed by atoms with E-state index >= 15 is 0 Å². The van der Waals surface area contributed by atoms with E-state index in [9.17, 15) is 5.26 Å². The third-order valence-electron chi connectivity index (χ3n) is 7.98. The molecule has 8 heteroatoms. The topological polar surface area (TPSA) is 101 Å². The molecule has 0 radical (unpaired) electrons. The molecule has 2 atom stereocenters. The lowest BCUT2D eigenvalue weighted by atomic mass is 9.92. The number of aromatic nitrogens is 2. The standard InChI is InChI=1S/C25H29N7O/c1-17-28-22(11-23(29-17)32-7-6-31-8-9-33-14-20(31)13-32)30-21-10-19(3-2-18(21)12-26)25(16-27)15-24(25)4-5-24/h2-3,10-12,20,26H,4-9,13-15H2,1H3,(H,28,29,30)/t20-,25+/m0/s1. The average molecular weight is 444 g/mol. The van der Waals surface area contributed by atoms with Gasteiger partial charge in [0.2, 0.25) is 0 Å². The summed E-state index contributed by atoms with van der Waals surface area (Å²) >= 11 is 0. The number of fused-ring (bicyclic) bond motifs is 1. The van der Waals surface area contributed by atoms with Crippen LogP contribution in [0.5, 0.6) is 0 Å². The number of nitrogens with one attached hydrogen (secondary N) is 2. The molecule has 4 aliphatic rings. The van der Waals surface area contributed by atoms with Gasteiger partial charge in [-0.15, -0.1) is 0 Å². The van der Waals surface area contributed by atoms with Crippen LogP contribution in [0, 0.1) is 29.1 Å². The summed E-state index contributed by atoms with van der Waals surface area (Å²) in [5.41, 5.74) is 2.49. The minimum atomic E-state index is -0.363. The van der Waals surface area contributed by atoms with E-state index in [2.05, 4.69) is 26.2 Å². The summed E-state index contributed by atoms with van der Waals surface area (Å²) in [4.78, 5) is 14.2. The highest BCUT2D eigenvalue weighted by atomic mass is 16.5. The highest BCUT2D eigenvalue weighted by Gasteiger charge is 2.75. The predicted octanol–water partition coefficient (Wildman–Crippen LogP) is 2.99. The molecule has 3 heterocycles. The Morgan fingerprint density at radius 2 is 2.12 bits per heavy atom. The Hall–Kier alpha value is -3.02. The van der Waals surface area contributed by atoms with Crippen LogP contribution in [0.4, 0.5) is 17.3 Å². The van der Waals surface area contributed by atoms with Gasteiger partial charge >= 0.3 is 0 Å². The van der Waals surface area contributed by atoms with E-state index < -0.39 is 0 Å². The zero-order valence-electron chi connectivity index (χ0n) is 19.0. The third-order valence-corrected chi connectivity index (χ3v) is 7.98. The molecule has 8 nitrogen and oxygen atoms in total. The van der Waals surface area contributed by atoms with E-state index in [1.807, 2.05) is 31.2 Å². The first-order valence-corrected chi connectivity index (χ1v) is 11.8. The van der Waals surface area contributed by atoms with Gasteiger partial charge in [-0.2, -0.15) is 5.26 Å². The summed E-state index contributed by atoms with van der Waals surface area (Å²) in [5, 5.41) is 21.2. The highest BCUT2D eigenvalue weighted by molar-refractivity contribution is 5.88. The van der Waals surface area contributed by atoms with Crippen molar-refractivity contribution in [2.75, 3.05) is 49.6 Å². The Morgan fingerprint density at radius 1 is 1.24 bits per heavy atom. The van der Waals surface area contributed by atoms with Crippen molar-refractivity contribution >= 4 is 23.5 Å². The molecule has 0 unspecified atom stereocenters. The SMILES string of the molecule is Cc1nc(Nc2cc([C@]3(C#N)CC34CC4)ccc2C=N)cc(N2CCN3CCOC[C@@H]3C2)n1. The Labute approximate surface area is 194 Å². The molecule has 2 aliphatic carbocycles. The van der Waals surface area contributed by atoms with E-state index in [0.717, 1.165) is 81.3 Å². The fraction of sp³-hybridized carbons (Fsp3) is 0.520. The summed E-state index contributed by atoms with van der Waals surface area (Å²) in [7, 11) is 0. The number of rotatable bonds is 5. The molecule has 1 aromatic carbocycles. The Kier molecular flexibility index (Phi) is 4.68. The number of aryl methyl sites for hydroxylation is 1. The molecule has 170 valence electrons. The predicted molar refractivity (Wildman–Crippen MR) is 126 cm³/mol. The van der Waals surface area contributed by atoms with Gasteiger partial charge in [0.15, 0.2) is 0 Å². The van der Waals surface area contributed by atoms with Crippen molar-refractivity contribution in [3.63, 3.8) is 0 Å². The summed E-state index contributed by atoms with van der Waals surface area (Å²) in [6.45, 7) is 7.34. The Morgan fingerprint density at radius 3 is 2.88 bits per heavy atom. The van der Waals surface area contributed by atoms with Gasteiger partial charge in [0.25, 0.3) is 0 Å². The lowest BCUT2D eigenvalue weighted by Gasteiger charge is -2.44. The molecule has 2 aromatic rings. The quantitative estimate of drug-likeness (QED) is 0.685. The molecule has 2 saturated heterocycles. The number of hydrogen-bond acceptors (Lipinski definition) is 8. The number of nitriles is 1. The molecule has 2 saturated carbocycles. The number of ether oxygens (including phenoxy) is 1. The van der Waals surface area contributed by atoms with E-state index in [0.29, 0.717) is 17.7 Å². The van der Waals surface area contributed by atoms with Crippen LogP contribution < -0.4 is 10.2 Å². The number of nitrogens with zero attached hydrogens (tertiary/aromatic N) is 5. The van der Waals surface area contributed by atoms with Gasteiger partial charge in [-0.1, -0.05) is 12.1 Å². The molecule has 0 amide bonds. The van der Waals surface area contributed by atoms with Gasteiger partial charge in [0.05, 0.1) is 30.7 Å². The molecule has 2 N–H and O–H groups in total. The van der Waals surface area contributed by atoms with Crippen LogP contribution in [0.3, 0.4) is 0 Å². The summed E-state index contributed by atoms with van der Waals surface area (Å²) in [5.74, 6) is 2.33. The lowest BCUT2D eigenvalue weighted by molar-refractivity contribution is -0.0117. The molecule has 33 heavy (non-hydrogen) atoms. The van der Waals surface area contributed by atoms with Crippen molar-refractivity contribution < 1.29 is 4.74 Å². The average Bonchev–Trinajstić information content (AvgIpc) is 3.76. The molecular formula is C25H29N7O.